The highest BCUT2D eigenvalue weighted by molar-refractivity contribution is 5.86. The molecule has 3 aromatic rings. The molecular weight excluding hydrogens is 476 g/mol. The lowest BCUT2D eigenvalue weighted by Gasteiger charge is -2.39. The second-order valence-corrected chi connectivity index (χ2v) is 7.58. The van der Waals surface area contributed by atoms with E-state index in [2.05, 4.69) is 0 Å². The summed E-state index contributed by atoms with van der Waals surface area (Å²) < 4.78 is 20.8. The van der Waals surface area contributed by atoms with Crippen molar-refractivity contribution in [3.8, 4) is 46.2 Å². The Balaban J connectivity index is 1.63. The normalized spacial score (nSPS) is 24.4. The van der Waals surface area contributed by atoms with E-state index in [4.69, 9.17) is 18.6 Å². The minimum Gasteiger partial charge on any atom is -0.508 e. The Labute approximate surface area is 194 Å². The maximum absolute atomic E-state index is 12.4. The zero-order chi connectivity index (χ0) is 25.6. The maximum Gasteiger partial charge on any atom is 0.338 e. The molecule has 188 valence electrons. The molecule has 5 atom stereocenters. The highest BCUT2D eigenvalue weighted by Crippen LogP contribution is 2.46. The first kappa shape index (κ1) is 24.2. The van der Waals surface area contributed by atoms with Gasteiger partial charge in [0.15, 0.2) is 11.5 Å². The maximum atomic E-state index is 12.4. The molecule has 1 aliphatic rings. The molecule has 0 aliphatic carbocycles. The Kier molecular flexibility index (Phi) is 6.23. The lowest BCUT2D eigenvalue weighted by Crippen LogP contribution is -2.60. The van der Waals surface area contributed by atoms with Crippen LogP contribution < -0.4 is 14.9 Å². The van der Waals surface area contributed by atoms with Crippen molar-refractivity contribution in [2.45, 2.75) is 30.7 Å². The molecule has 0 spiro atoms. The molecule has 35 heavy (non-hydrogen) atoms. The fraction of sp³-hybridized carbons (Fsp3) is 0.286. The Morgan fingerprint density at radius 2 is 1.51 bits per heavy atom. The molecule has 0 radical (unpaired) electrons. The predicted octanol–water partition coefficient (Wildman–Crippen LogP) is -0.708. The number of aliphatic hydroxyl groups excluding tert-OH is 4. The Bertz CT molecular complexity index is 1320. The summed E-state index contributed by atoms with van der Waals surface area (Å²) >= 11 is 0. The summed E-state index contributed by atoms with van der Waals surface area (Å²) in [4.78, 5) is 12.4. The molecule has 9 N–H and O–H groups in total. The van der Waals surface area contributed by atoms with Crippen LogP contribution in [0.15, 0.2) is 33.5 Å². The Morgan fingerprint density at radius 3 is 2.20 bits per heavy atom. The second-order valence-electron chi connectivity index (χ2n) is 7.58. The fourth-order valence-corrected chi connectivity index (χ4v) is 3.43. The van der Waals surface area contributed by atoms with Gasteiger partial charge in [-0.3, -0.25) is 4.79 Å². The van der Waals surface area contributed by atoms with Gasteiger partial charge in [0.25, 0.3) is 0 Å². The van der Waals surface area contributed by atoms with Gasteiger partial charge in [-0.05, 0) is 12.1 Å². The smallest absolute Gasteiger partial charge is 0.338 e. The number of benzene rings is 2. The SMILES string of the molecule is O=c1c(O)c(Oc2ccc(O[C@@H]3O[C@H](CO)[C@@H](O)[C@H](O)[C@H]3O)c(O)c2O)oc2cc(O)cc(O)c12. The van der Waals surface area contributed by atoms with E-state index in [1.807, 2.05) is 0 Å². The molecule has 1 fully saturated rings. The highest BCUT2D eigenvalue weighted by Gasteiger charge is 2.45. The molecule has 2 aromatic carbocycles. The number of aliphatic hydroxyl groups is 4. The largest absolute Gasteiger partial charge is 0.508 e. The fourth-order valence-electron chi connectivity index (χ4n) is 3.43. The van der Waals surface area contributed by atoms with Crippen molar-refractivity contribution in [2.24, 2.45) is 0 Å². The van der Waals surface area contributed by atoms with Crippen LogP contribution in [0.3, 0.4) is 0 Å². The third-order valence-electron chi connectivity index (χ3n) is 5.28. The van der Waals surface area contributed by atoms with Crippen LogP contribution in [-0.4, -0.2) is 83.3 Å². The van der Waals surface area contributed by atoms with Gasteiger partial charge in [0.2, 0.25) is 29.0 Å². The molecule has 14 heteroatoms. The van der Waals surface area contributed by atoms with Crippen molar-refractivity contribution in [2.75, 3.05) is 6.61 Å². The van der Waals surface area contributed by atoms with Crippen LogP contribution in [0.25, 0.3) is 11.0 Å². The lowest BCUT2D eigenvalue weighted by atomic mass is 9.99. The van der Waals surface area contributed by atoms with Crippen molar-refractivity contribution in [1.29, 1.82) is 0 Å². The molecule has 0 amide bonds. The highest BCUT2D eigenvalue weighted by atomic mass is 16.7. The number of hydrogen-bond donors (Lipinski definition) is 9. The van der Waals surface area contributed by atoms with Gasteiger partial charge in [0.05, 0.1) is 6.61 Å². The molecule has 1 saturated heterocycles. The van der Waals surface area contributed by atoms with E-state index in [1.165, 1.54) is 0 Å². The van der Waals surface area contributed by atoms with Crippen LogP contribution in [0, 0.1) is 0 Å². The standard InChI is InChI=1S/C21H20O14/c22-5-11-15(27)17(29)19(31)21(35-11)33-9-2-1-8(13(25)14(9)26)32-20-18(30)16(28)12-7(24)3-6(23)4-10(12)34-20/h1-4,11,15,17,19,21-27,29-31H,5H2/t11-,15-,17+,19-,21-/m1/s1. The predicted molar refractivity (Wildman–Crippen MR) is 112 cm³/mol. The number of ether oxygens (including phenoxy) is 3. The summed E-state index contributed by atoms with van der Waals surface area (Å²) in [6.07, 6.45) is -8.12. The van der Waals surface area contributed by atoms with Crippen LogP contribution >= 0.6 is 0 Å². The first-order chi connectivity index (χ1) is 16.5. The van der Waals surface area contributed by atoms with Crippen LogP contribution in [0.1, 0.15) is 0 Å². The number of rotatable bonds is 5. The van der Waals surface area contributed by atoms with Crippen LogP contribution in [0.4, 0.5) is 0 Å². The summed E-state index contributed by atoms with van der Waals surface area (Å²) in [5, 5.41) is 88.7. The molecule has 0 bridgehead atoms. The molecule has 0 unspecified atom stereocenters. The van der Waals surface area contributed by atoms with E-state index in [-0.39, 0.29) is 5.58 Å². The Morgan fingerprint density at radius 1 is 0.857 bits per heavy atom. The van der Waals surface area contributed by atoms with E-state index in [0.717, 1.165) is 24.3 Å². The number of aromatic hydroxyl groups is 5. The topological polar surface area (TPSA) is 240 Å². The van der Waals surface area contributed by atoms with Gasteiger partial charge in [0.1, 0.15) is 46.9 Å². The van der Waals surface area contributed by atoms with Crippen molar-refractivity contribution in [3.05, 3.63) is 34.5 Å². The molecule has 0 saturated carbocycles. The van der Waals surface area contributed by atoms with E-state index < -0.39 is 94.3 Å². The van der Waals surface area contributed by atoms with Gasteiger partial charge in [-0.2, -0.15) is 0 Å². The van der Waals surface area contributed by atoms with Crippen molar-refractivity contribution in [3.63, 3.8) is 0 Å². The molecule has 4 rings (SSSR count). The number of phenolic OH excluding ortho intramolecular Hbond substituents is 4. The second kappa shape index (κ2) is 9.01. The quantitative estimate of drug-likeness (QED) is 0.198. The van der Waals surface area contributed by atoms with Crippen molar-refractivity contribution >= 4 is 11.0 Å². The lowest BCUT2D eigenvalue weighted by molar-refractivity contribution is -0.277. The molecule has 14 nitrogen and oxygen atoms in total. The average Bonchev–Trinajstić information content (AvgIpc) is 2.81. The van der Waals surface area contributed by atoms with E-state index in [0.29, 0.717) is 0 Å². The van der Waals surface area contributed by atoms with Crippen LogP contribution in [0.5, 0.6) is 46.2 Å². The van der Waals surface area contributed by atoms with Crippen molar-refractivity contribution < 1.29 is 64.6 Å². The van der Waals surface area contributed by atoms with Gasteiger partial charge in [-0.15, -0.1) is 0 Å². The minimum absolute atomic E-state index is 0.355. The van der Waals surface area contributed by atoms with E-state index >= 15 is 0 Å². The third kappa shape index (κ3) is 4.20. The monoisotopic (exact) mass is 496 g/mol. The summed E-state index contributed by atoms with van der Waals surface area (Å²) in [5.74, 6) is -5.96. The Hall–Kier alpha value is -3.95. The molecular formula is C21H20O14. The summed E-state index contributed by atoms with van der Waals surface area (Å²) in [7, 11) is 0. The zero-order valence-electron chi connectivity index (χ0n) is 17.5. The number of phenols is 4. The van der Waals surface area contributed by atoms with Gasteiger partial charge >= 0.3 is 5.95 Å². The molecule has 1 aromatic heterocycles. The van der Waals surface area contributed by atoms with Crippen molar-refractivity contribution in [1.82, 2.24) is 0 Å². The van der Waals surface area contributed by atoms with Gasteiger partial charge < -0.3 is 64.6 Å². The van der Waals surface area contributed by atoms with E-state index in [1.54, 1.807) is 0 Å². The minimum atomic E-state index is -1.79. The van der Waals surface area contributed by atoms with Crippen LogP contribution in [0.2, 0.25) is 0 Å². The third-order valence-corrected chi connectivity index (χ3v) is 5.28. The van der Waals surface area contributed by atoms with E-state index in [9.17, 15) is 50.8 Å². The zero-order valence-corrected chi connectivity index (χ0v) is 17.5. The van der Waals surface area contributed by atoms with Gasteiger partial charge in [0, 0.05) is 12.1 Å². The van der Waals surface area contributed by atoms with Gasteiger partial charge in [-0.1, -0.05) is 0 Å². The number of fused-ring (bicyclic) bond motifs is 1. The molecule has 1 aliphatic heterocycles. The first-order valence-corrected chi connectivity index (χ1v) is 9.95. The summed E-state index contributed by atoms with van der Waals surface area (Å²) in [6.45, 7) is -0.717. The first-order valence-electron chi connectivity index (χ1n) is 9.95. The average molecular weight is 496 g/mol. The molecule has 2 heterocycles. The van der Waals surface area contributed by atoms with Gasteiger partial charge in [-0.25, -0.2) is 0 Å². The van der Waals surface area contributed by atoms with Crippen LogP contribution in [-0.2, 0) is 4.74 Å². The summed E-state index contributed by atoms with van der Waals surface area (Å²) in [5.41, 5.74) is -1.46. The summed E-state index contributed by atoms with van der Waals surface area (Å²) in [6, 6.07) is 3.87. The number of hydrogen-bond acceptors (Lipinski definition) is 14.